The van der Waals surface area contributed by atoms with Gasteiger partial charge in [-0.15, -0.1) is 0 Å². The van der Waals surface area contributed by atoms with Crippen LogP contribution < -0.4 is 0 Å². The Hall–Kier alpha value is -0.670. The standard InChI is InChI=1S/C27H44O3/c1-17(2)7-6-8-18(3)20-11-14-27(30)22-16-24(29)23-15-19(28)9-12-25(23,4)21(22)10-13-26(20,27)5/h16-21,23,28,30H,6-15H2,1-5H3/t18?,19-,20+,21?,23-,25+,26+,27+/m0/s1. The number of hydrogen-bond donors (Lipinski definition) is 2. The average Bonchev–Trinajstić information content (AvgIpc) is 2.95. The predicted octanol–water partition coefficient (Wildman–Crippen LogP) is 5.68. The fourth-order valence-corrected chi connectivity index (χ4v) is 8.32. The molecule has 2 unspecified atom stereocenters. The summed E-state index contributed by atoms with van der Waals surface area (Å²) in [6, 6.07) is 0. The van der Waals surface area contributed by atoms with Gasteiger partial charge in [0.25, 0.3) is 0 Å². The smallest absolute Gasteiger partial charge is 0.159 e. The summed E-state index contributed by atoms with van der Waals surface area (Å²) in [5, 5.41) is 22.4. The molecule has 0 aromatic carbocycles. The molecule has 8 atom stereocenters. The minimum atomic E-state index is -0.827. The summed E-state index contributed by atoms with van der Waals surface area (Å²) in [6.07, 6.45) is 11.6. The molecule has 0 saturated heterocycles. The SMILES string of the molecule is CC(C)CCCC(C)[C@H]1CC[C@@]2(O)C3=CC(=O)[C@@H]4C[C@@H](O)CC[C@]4(C)C3CC[C@]12C. The van der Waals surface area contributed by atoms with E-state index < -0.39 is 5.60 Å². The Morgan fingerprint density at radius 1 is 1.03 bits per heavy atom. The lowest BCUT2D eigenvalue weighted by Crippen LogP contribution is -2.59. The van der Waals surface area contributed by atoms with E-state index >= 15 is 0 Å². The number of rotatable bonds is 5. The van der Waals surface area contributed by atoms with E-state index in [2.05, 4.69) is 34.6 Å². The van der Waals surface area contributed by atoms with Gasteiger partial charge in [-0.3, -0.25) is 4.79 Å². The number of carbonyl (C=O) groups is 1. The van der Waals surface area contributed by atoms with Gasteiger partial charge in [-0.05, 0) is 85.7 Å². The van der Waals surface area contributed by atoms with Gasteiger partial charge < -0.3 is 10.2 Å². The maximum Gasteiger partial charge on any atom is 0.159 e. The number of hydrogen-bond acceptors (Lipinski definition) is 3. The molecule has 3 heteroatoms. The van der Waals surface area contributed by atoms with Crippen LogP contribution in [-0.2, 0) is 4.79 Å². The van der Waals surface area contributed by atoms with Gasteiger partial charge in [0.2, 0.25) is 0 Å². The molecule has 4 aliphatic carbocycles. The number of aliphatic hydroxyl groups excluding tert-OH is 1. The number of fused-ring (bicyclic) bond motifs is 5. The topological polar surface area (TPSA) is 57.5 Å². The van der Waals surface area contributed by atoms with Crippen molar-refractivity contribution in [2.24, 2.45) is 40.4 Å². The molecule has 3 saturated carbocycles. The monoisotopic (exact) mass is 416 g/mol. The van der Waals surface area contributed by atoms with Crippen LogP contribution in [0.1, 0.15) is 98.8 Å². The van der Waals surface area contributed by atoms with Gasteiger partial charge in [-0.1, -0.05) is 53.9 Å². The average molecular weight is 417 g/mol. The fourth-order valence-electron chi connectivity index (χ4n) is 8.32. The second kappa shape index (κ2) is 7.73. The molecule has 0 bridgehead atoms. The molecule has 0 heterocycles. The molecule has 4 rings (SSSR count). The highest BCUT2D eigenvalue weighted by molar-refractivity contribution is 5.95. The Labute approximate surface area is 183 Å². The lowest BCUT2D eigenvalue weighted by Gasteiger charge is -2.59. The van der Waals surface area contributed by atoms with Crippen molar-refractivity contribution < 1.29 is 15.0 Å². The Balaban J connectivity index is 1.61. The summed E-state index contributed by atoms with van der Waals surface area (Å²) in [5.74, 6) is 2.28. The van der Waals surface area contributed by atoms with E-state index in [9.17, 15) is 15.0 Å². The molecule has 0 radical (unpaired) electrons. The Morgan fingerprint density at radius 3 is 2.47 bits per heavy atom. The van der Waals surface area contributed by atoms with Crippen LogP contribution in [0.5, 0.6) is 0 Å². The molecule has 3 nitrogen and oxygen atoms in total. The molecule has 170 valence electrons. The fraction of sp³-hybridized carbons (Fsp3) is 0.889. The second-order valence-corrected chi connectivity index (χ2v) is 12.3. The van der Waals surface area contributed by atoms with Crippen LogP contribution in [0.2, 0.25) is 0 Å². The zero-order valence-electron chi connectivity index (χ0n) is 19.9. The molecule has 2 N–H and O–H groups in total. The number of aliphatic hydroxyl groups is 2. The van der Waals surface area contributed by atoms with Crippen molar-refractivity contribution in [1.82, 2.24) is 0 Å². The number of allylic oxidation sites excluding steroid dienone is 1. The van der Waals surface area contributed by atoms with Gasteiger partial charge >= 0.3 is 0 Å². The van der Waals surface area contributed by atoms with E-state index in [1.54, 1.807) is 0 Å². The maximum atomic E-state index is 13.2. The van der Waals surface area contributed by atoms with E-state index in [4.69, 9.17) is 0 Å². The molecule has 0 aromatic rings. The normalized spacial score (nSPS) is 46.8. The van der Waals surface area contributed by atoms with Crippen molar-refractivity contribution in [1.29, 1.82) is 0 Å². The van der Waals surface area contributed by atoms with E-state index in [0.29, 0.717) is 24.2 Å². The zero-order valence-corrected chi connectivity index (χ0v) is 19.9. The van der Waals surface area contributed by atoms with Crippen LogP contribution in [0.25, 0.3) is 0 Å². The molecule has 0 amide bonds. The van der Waals surface area contributed by atoms with Gasteiger partial charge in [-0.25, -0.2) is 0 Å². The molecule has 30 heavy (non-hydrogen) atoms. The van der Waals surface area contributed by atoms with Crippen molar-refractivity contribution in [3.8, 4) is 0 Å². The molecule has 4 aliphatic rings. The first kappa shape index (κ1) is 22.5. The van der Waals surface area contributed by atoms with E-state index in [1.165, 1.54) is 19.3 Å². The molecule has 3 fully saturated rings. The summed E-state index contributed by atoms with van der Waals surface area (Å²) in [4.78, 5) is 13.2. The van der Waals surface area contributed by atoms with E-state index in [1.807, 2.05) is 6.08 Å². The van der Waals surface area contributed by atoms with Gasteiger partial charge in [0.1, 0.15) is 0 Å². The molecular weight excluding hydrogens is 372 g/mol. The van der Waals surface area contributed by atoms with Crippen molar-refractivity contribution in [3.05, 3.63) is 11.6 Å². The highest BCUT2D eigenvalue weighted by atomic mass is 16.3. The third kappa shape index (κ3) is 3.25. The molecule has 0 aromatic heterocycles. The second-order valence-electron chi connectivity index (χ2n) is 12.3. The Kier molecular flexibility index (Phi) is 5.80. The molecular formula is C27H44O3. The van der Waals surface area contributed by atoms with Crippen molar-refractivity contribution in [2.75, 3.05) is 0 Å². The van der Waals surface area contributed by atoms with E-state index in [0.717, 1.165) is 50.0 Å². The van der Waals surface area contributed by atoms with Crippen LogP contribution in [0, 0.1) is 40.4 Å². The largest absolute Gasteiger partial charge is 0.393 e. The first-order valence-electron chi connectivity index (χ1n) is 12.7. The summed E-state index contributed by atoms with van der Waals surface area (Å²) in [5.41, 5.74) is 0.0168. The Morgan fingerprint density at radius 2 is 1.77 bits per heavy atom. The summed E-state index contributed by atoms with van der Waals surface area (Å²) in [7, 11) is 0. The van der Waals surface area contributed by atoms with Crippen molar-refractivity contribution in [3.63, 3.8) is 0 Å². The highest BCUT2D eigenvalue weighted by Crippen LogP contribution is 2.68. The highest BCUT2D eigenvalue weighted by Gasteiger charge is 2.66. The zero-order chi connectivity index (χ0) is 21.9. The van der Waals surface area contributed by atoms with Crippen LogP contribution >= 0.6 is 0 Å². The summed E-state index contributed by atoms with van der Waals surface area (Å²) in [6.45, 7) is 11.6. The van der Waals surface area contributed by atoms with Gasteiger partial charge in [0, 0.05) is 11.3 Å². The quantitative estimate of drug-likeness (QED) is 0.606. The van der Waals surface area contributed by atoms with Crippen molar-refractivity contribution in [2.45, 2.75) is 111 Å². The lowest BCUT2D eigenvalue weighted by molar-refractivity contribution is -0.141. The van der Waals surface area contributed by atoms with Crippen LogP contribution in [0.4, 0.5) is 0 Å². The predicted molar refractivity (Wildman–Crippen MR) is 121 cm³/mol. The lowest BCUT2D eigenvalue weighted by atomic mass is 9.46. The molecule has 0 spiro atoms. The number of carbonyl (C=O) groups excluding carboxylic acids is 1. The van der Waals surface area contributed by atoms with Crippen LogP contribution in [0.15, 0.2) is 11.6 Å². The van der Waals surface area contributed by atoms with E-state index in [-0.39, 0.29) is 28.6 Å². The van der Waals surface area contributed by atoms with Gasteiger partial charge in [0.05, 0.1) is 11.7 Å². The van der Waals surface area contributed by atoms with Crippen LogP contribution in [0.3, 0.4) is 0 Å². The van der Waals surface area contributed by atoms with Gasteiger partial charge in [0.15, 0.2) is 5.78 Å². The van der Waals surface area contributed by atoms with Crippen molar-refractivity contribution >= 4 is 5.78 Å². The van der Waals surface area contributed by atoms with Crippen LogP contribution in [-0.4, -0.2) is 27.7 Å². The van der Waals surface area contributed by atoms with Gasteiger partial charge in [-0.2, -0.15) is 0 Å². The molecule has 0 aliphatic heterocycles. The minimum absolute atomic E-state index is 0.0740. The number of ketones is 1. The third-order valence-corrected chi connectivity index (χ3v) is 10.3. The third-order valence-electron chi connectivity index (χ3n) is 10.3. The first-order valence-corrected chi connectivity index (χ1v) is 12.7. The first-order chi connectivity index (χ1) is 14.0. The summed E-state index contributed by atoms with van der Waals surface area (Å²) >= 11 is 0. The summed E-state index contributed by atoms with van der Waals surface area (Å²) < 4.78 is 0. The Bertz CT molecular complexity index is 711. The maximum absolute atomic E-state index is 13.2. The minimum Gasteiger partial charge on any atom is -0.393 e.